The molecule has 2 heterocycles. The van der Waals surface area contributed by atoms with Crippen LogP contribution in [0.3, 0.4) is 0 Å². The third kappa shape index (κ3) is 3.51. The van der Waals surface area contributed by atoms with E-state index in [-0.39, 0.29) is 11.4 Å². The number of amides is 2. The molecule has 1 aromatic heterocycles. The summed E-state index contributed by atoms with van der Waals surface area (Å²) in [4.78, 5) is 36.9. The lowest BCUT2D eigenvalue weighted by molar-refractivity contribution is -0.143. The van der Waals surface area contributed by atoms with E-state index in [0.717, 1.165) is 33.6 Å². The number of rotatable bonds is 4. The van der Waals surface area contributed by atoms with Gasteiger partial charge in [0.15, 0.2) is 0 Å². The number of aromatic nitrogens is 1. The number of hydrogen-bond acceptors (Lipinski definition) is 5. The van der Waals surface area contributed by atoms with Crippen LogP contribution in [0.5, 0.6) is 0 Å². The van der Waals surface area contributed by atoms with Crippen molar-refractivity contribution in [2.75, 3.05) is 13.7 Å². The summed E-state index contributed by atoms with van der Waals surface area (Å²) in [6, 6.07) is 11.7. The largest absolute Gasteiger partial charge is 0.468 e. The lowest BCUT2D eigenvalue weighted by Gasteiger charge is -2.10. The molecule has 0 radical (unpaired) electrons. The fraction of sp³-hybridized carbons (Fsp3) is 0.167. The molecule has 0 N–H and O–H groups in total. The Kier molecular flexibility index (Phi) is 4.76. The maximum atomic E-state index is 12.4. The Bertz CT molecular complexity index is 885. The van der Waals surface area contributed by atoms with Crippen molar-refractivity contribution in [1.82, 2.24) is 9.47 Å². The molecule has 0 unspecified atom stereocenters. The molecule has 1 aliphatic heterocycles. The van der Waals surface area contributed by atoms with Gasteiger partial charge in [-0.3, -0.25) is 19.3 Å². The molecule has 2 amide bonds. The van der Waals surface area contributed by atoms with E-state index in [1.807, 2.05) is 54.1 Å². The van der Waals surface area contributed by atoms with Gasteiger partial charge in [0, 0.05) is 17.6 Å². The molecular formula is C18H16N2O4S. The van der Waals surface area contributed by atoms with Crippen LogP contribution in [0.4, 0.5) is 4.79 Å². The Labute approximate surface area is 149 Å². The molecule has 6 nitrogen and oxygen atoms in total. The fourth-order valence-corrected chi connectivity index (χ4v) is 3.31. The van der Waals surface area contributed by atoms with E-state index in [1.165, 1.54) is 7.11 Å². The maximum Gasteiger partial charge on any atom is 0.325 e. The number of benzene rings is 1. The van der Waals surface area contributed by atoms with Gasteiger partial charge in [-0.2, -0.15) is 0 Å². The quantitative estimate of drug-likeness (QED) is 0.622. The number of hydrogen-bond donors (Lipinski definition) is 0. The Morgan fingerprint density at radius 3 is 2.76 bits per heavy atom. The molecule has 7 heteroatoms. The first-order valence-electron chi connectivity index (χ1n) is 7.56. The van der Waals surface area contributed by atoms with Crippen molar-refractivity contribution >= 4 is 35.0 Å². The Balaban J connectivity index is 1.90. The van der Waals surface area contributed by atoms with Gasteiger partial charge in [0.25, 0.3) is 11.1 Å². The van der Waals surface area contributed by atoms with Crippen LogP contribution < -0.4 is 0 Å². The molecule has 0 spiro atoms. The third-order valence-electron chi connectivity index (χ3n) is 3.73. The van der Waals surface area contributed by atoms with Crippen LogP contribution in [0.25, 0.3) is 11.8 Å². The van der Waals surface area contributed by atoms with E-state index in [0.29, 0.717) is 0 Å². The van der Waals surface area contributed by atoms with Crippen LogP contribution in [-0.2, 0) is 14.3 Å². The number of carbonyl (C=O) groups is 3. The highest BCUT2D eigenvalue weighted by molar-refractivity contribution is 8.18. The molecule has 1 saturated heterocycles. The molecule has 0 atom stereocenters. The smallest absolute Gasteiger partial charge is 0.325 e. The summed E-state index contributed by atoms with van der Waals surface area (Å²) in [5.41, 5.74) is 2.86. The molecule has 0 aliphatic carbocycles. The van der Waals surface area contributed by atoms with E-state index in [1.54, 1.807) is 6.08 Å². The number of esters is 1. The summed E-state index contributed by atoms with van der Waals surface area (Å²) in [6.45, 7) is 1.63. The van der Waals surface area contributed by atoms with Crippen molar-refractivity contribution in [2.45, 2.75) is 6.92 Å². The molecule has 3 rings (SSSR count). The van der Waals surface area contributed by atoms with Crippen molar-refractivity contribution in [1.29, 1.82) is 0 Å². The van der Waals surface area contributed by atoms with Gasteiger partial charge < -0.3 is 9.30 Å². The van der Waals surface area contributed by atoms with Crippen molar-refractivity contribution < 1.29 is 19.1 Å². The number of thioether (sulfide) groups is 1. The third-order valence-corrected chi connectivity index (χ3v) is 4.63. The van der Waals surface area contributed by atoms with Gasteiger partial charge in [-0.15, -0.1) is 0 Å². The first-order valence-corrected chi connectivity index (χ1v) is 8.38. The molecule has 1 fully saturated rings. The number of ether oxygens (including phenoxy) is 1. The van der Waals surface area contributed by atoms with Crippen molar-refractivity contribution in [3.63, 3.8) is 0 Å². The number of nitrogens with zero attached hydrogens (tertiary/aromatic N) is 2. The lowest BCUT2D eigenvalue weighted by atomic mass is 10.2. The van der Waals surface area contributed by atoms with Crippen molar-refractivity contribution in [3.05, 3.63) is 58.8 Å². The summed E-state index contributed by atoms with van der Waals surface area (Å²) < 4.78 is 6.45. The zero-order valence-electron chi connectivity index (χ0n) is 13.8. The SMILES string of the molecule is COC(=O)CN1C(=O)S/C(=C\c2cccn2-c2cccc(C)c2)C1=O. The van der Waals surface area contributed by atoms with E-state index in [9.17, 15) is 14.4 Å². The van der Waals surface area contributed by atoms with Crippen LogP contribution in [0, 0.1) is 6.92 Å². The molecule has 25 heavy (non-hydrogen) atoms. The summed E-state index contributed by atoms with van der Waals surface area (Å²) >= 11 is 0.817. The standard InChI is InChI=1S/C18H16N2O4S/c1-12-5-3-6-13(9-12)19-8-4-7-14(19)10-15-17(22)20(18(23)25-15)11-16(21)24-2/h3-10H,11H2,1-2H3/b15-10-. The van der Waals surface area contributed by atoms with Crippen molar-refractivity contribution in [3.8, 4) is 5.69 Å². The number of imide groups is 1. The predicted octanol–water partition coefficient (Wildman–Crippen LogP) is 3.00. The highest BCUT2D eigenvalue weighted by atomic mass is 32.2. The monoisotopic (exact) mass is 356 g/mol. The molecule has 0 saturated carbocycles. The van der Waals surface area contributed by atoms with Gasteiger partial charge in [0.1, 0.15) is 6.54 Å². The highest BCUT2D eigenvalue weighted by Gasteiger charge is 2.36. The second kappa shape index (κ2) is 6.98. The molecular weight excluding hydrogens is 340 g/mol. The summed E-state index contributed by atoms with van der Waals surface area (Å²) in [5, 5.41) is -0.477. The van der Waals surface area contributed by atoms with E-state index < -0.39 is 17.1 Å². The van der Waals surface area contributed by atoms with Gasteiger partial charge >= 0.3 is 5.97 Å². The van der Waals surface area contributed by atoms with Crippen LogP contribution in [0.2, 0.25) is 0 Å². The van der Waals surface area contributed by atoms with Gasteiger partial charge in [0.05, 0.1) is 12.0 Å². The van der Waals surface area contributed by atoms with E-state index in [4.69, 9.17) is 0 Å². The van der Waals surface area contributed by atoms with Crippen LogP contribution in [0.15, 0.2) is 47.5 Å². The van der Waals surface area contributed by atoms with Gasteiger partial charge in [-0.1, -0.05) is 12.1 Å². The Hall–Kier alpha value is -2.80. The summed E-state index contributed by atoms with van der Waals surface area (Å²) in [7, 11) is 1.21. The zero-order valence-corrected chi connectivity index (χ0v) is 14.6. The minimum atomic E-state index is -0.633. The van der Waals surface area contributed by atoms with E-state index in [2.05, 4.69) is 4.74 Å². The fourth-order valence-electron chi connectivity index (χ4n) is 2.49. The summed E-state index contributed by atoms with van der Waals surface area (Å²) in [6.07, 6.45) is 3.55. The second-order valence-corrected chi connectivity index (χ2v) is 6.48. The topological polar surface area (TPSA) is 68.6 Å². The molecule has 0 bridgehead atoms. The number of aryl methyl sites for hydroxylation is 1. The summed E-state index contributed by atoms with van der Waals surface area (Å²) in [5.74, 6) is -1.12. The second-order valence-electron chi connectivity index (χ2n) is 5.49. The number of methoxy groups -OCH3 is 1. The predicted molar refractivity (Wildman–Crippen MR) is 95.2 cm³/mol. The van der Waals surface area contributed by atoms with Crippen molar-refractivity contribution in [2.24, 2.45) is 0 Å². The first-order chi connectivity index (χ1) is 12.0. The van der Waals surface area contributed by atoms with Crippen LogP contribution in [-0.4, -0.2) is 40.2 Å². The molecule has 1 aromatic carbocycles. The maximum absolute atomic E-state index is 12.4. The molecule has 2 aromatic rings. The zero-order chi connectivity index (χ0) is 18.0. The normalized spacial score (nSPS) is 15.9. The van der Waals surface area contributed by atoms with Crippen LogP contribution >= 0.6 is 11.8 Å². The van der Waals surface area contributed by atoms with Gasteiger partial charge in [0.2, 0.25) is 0 Å². The minimum absolute atomic E-state index is 0.279. The lowest BCUT2D eigenvalue weighted by Crippen LogP contribution is -2.34. The molecule has 128 valence electrons. The highest BCUT2D eigenvalue weighted by Crippen LogP contribution is 2.32. The van der Waals surface area contributed by atoms with E-state index >= 15 is 0 Å². The Morgan fingerprint density at radius 1 is 1.24 bits per heavy atom. The molecule has 1 aliphatic rings. The van der Waals surface area contributed by atoms with Gasteiger partial charge in [-0.25, -0.2) is 0 Å². The van der Waals surface area contributed by atoms with Crippen LogP contribution in [0.1, 0.15) is 11.3 Å². The average molecular weight is 356 g/mol. The van der Waals surface area contributed by atoms with Gasteiger partial charge in [-0.05, 0) is 54.6 Å². The average Bonchev–Trinajstić information content (AvgIpc) is 3.15. The first kappa shape index (κ1) is 17.0. The number of carbonyl (C=O) groups excluding carboxylic acids is 3. The minimum Gasteiger partial charge on any atom is -0.468 e. The Morgan fingerprint density at radius 2 is 2.04 bits per heavy atom.